The van der Waals surface area contributed by atoms with Crippen molar-refractivity contribution >= 4 is 35.3 Å². The number of rotatable bonds is 15. The van der Waals surface area contributed by atoms with E-state index in [2.05, 4.69) is 55.5 Å². The number of hydrogen-bond acceptors (Lipinski definition) is 8. The fraction of sp³-hybridized carbons (Fsp3) is 0.636. The highest BCUT2D eigenvalue weighted by atomic mass is 16.2. The van der Waals surface area contributed by atoms with Gasteiger partial charge < -0.3 is 26.2 Å². The highest BCUT2D eigenvalue weighted by Gasteiger charge is 2.52. The molecule has 0 bridgehead atoms. The Labute approximate surface area is 336 Å². The second-order valence-corrected chi connectivity index (χ2v) is 18.0. The molecule has 2 heterocycles. The number of Topliss-reactive ketones (excluding diaryl/α,β-unsaturated/α-hetero) is 1. The lowest BCUT2D eigenvalue weighted by atomic mass is 9.76. The van der Waals surface area contributed by atoms with Crippen molar-refractivity contribution in [3.63, 3.8) is 0 Å². The van der Waals surface area contributed by atoms with Gasteiger partial charge in [-0.3, -0.25) is 33.8 Å². The largest absolute Gasteiger partial charge is 0.347 e. The highest BCUT2D eigenvalue weighted by Crippen LogP contribution is 2.43. The smallest absolute Gasteiger partial charge is 0.289 e. The lowest BCUT2D eigenvalue weighted by molar-refractivity contribution is -0.146. The van der Waals surface area contributed by atoms with Gasteiger partial charge in [-0.1, -0.05) is 83.7 Å². The quantitative estimate of drug-likeness (QED) is 0.192. The van der Waals surface area contributed by atoms with Gasteiger partial charge in [0.05, 0.1) is 17.9 Å². The number of nitrogens with zero attached hydrogens (tertiary/aromatic N) is 3. The lowest BCUT2D eigenvalue weighted by Crippen LogP contribution is -2.61. The number of hydrogen-bond donors (Lipinski definition) is 4. The number of benzene rings is 1. The molecule has 2 aromatic rings. The molecule has 1 aromatic carbocycles. The summed E-state index contributed by atoms with van der Waals surface area (Å²) in [5, 5.41) is 11.2. The Bertz CT molecular complexity index is 1770. The van der Waals surface area contributed by atoms with Gasteiger partial charge >= 0.3 is 0 Å². The fourth-order valence-electron chi connectivity index (χ4n) is 9.12. The molecule has 1 saturated heterocycles. The number of fused-ring (bicyclic) bond motifs is 1. The minimum atomic E-state index is -1.02. The number of amides is 5. The molecule has 3 saturated carbocycles. The van der Waals surface area contributed by atoms with Gasteiger partial charge in [-0.2, -0.15) is 0 Å². The summed E-state index contributed by atoms with van der Waals surface area (Å²) >= 11 is 0. The Morgan fingerprint density at radius 1 is 0.877 bits per heavy atom. The Morgan fingerprint density at radius 3 is 2.28 bits per heavy atom. The first-order chi connectivity index (χ1) is 27.2. The van der Waals surface area contributed by atoms with E-state index in [9.17, 15) is 28.8 Å². The molecule has 2 unspecified atom stereocenters. The standard InChI is InChI=1S/C44H61N7O6/c1-6-12-34(37(52)42(56)48-31-19-20-31)49-41(55)36-33-18-11-17-30(33)25-51(36)43(57)38(44(3,4)5)50-39(53)26(2)47-40(54)35-24-45-32(23-46-35)22-27-13-10-16-29(21-27)28-14-8-7-9-15-28/h7-9,14-15,23-24,26-27,29-31,33-34,36,38H,6,10-13,16-22,25H2,1-5H3,(H,47,54)(H,48,56)(H,49,55)(H,50,53)/t26-,27?,29?,30-,33-,34-,36-,38+/m0/s1. The van der Waals surface area contributed by atoms with Gasteiger partial charge in [0.15, 0.2) is 0 Å². The van der Waals surface area contributed by atoms with E-state index in [0.29, 0.717) is 31.2 Å². The van der Waals surface area contributed by atoms with E-state index in [4.69, 9.17) is 0 Å². The first kappa shape index (κ1) is 41.9. The number of carbonyl (C=O) groups excluding carboxylic acids is 6. The third-order valence-electron chi connectivity index (χ3n) is 12.4. The number of ketones is 1. The van der Waals surface area contributed by atoms with Gasteiger partial charge in [-0.05, 0) is 92.9 Å². The average Bonchev–Trinajstić information content (AvgIpc) is 3.76. The topological polar surface area (TPSA) is 180 Å². The maximum absolute atomic E-state index is 14.5. The monoisotopic (exact) mass is 783 g/mol. The Morgan fingerprint density at radius 2 is 1.61 bits per heavy atom. The summed E-state index contributed by atoms with van der Waals surface area (Å²) in [7, 11) is 0. The van der Waals surface area contributed by atoms with Gasteiger partial charge in [0.25, 0.3) is 11.8 Å². The molecular weight excluding hydrogens is 723 g/mol. The van der Waals surface area contributed by atoms with Crippen LogP contribution in [0.2, 0.25) is 0 Å². The van der Waals surface area contributed by atoms with Crippen LogP contribution in [-0.2, 0) is 30.4 Å². The van der Waals surface area contributed by atoms with Crippen LogP contribution < -0.4 is 21.3 Å². The molecule has 308 valence electrons. The van der Waals surface area contributed by atoms with Crippen LogP contribution in [0.4, 0.5) is 0 Å². The van der Waals surface area contributed by atoms with E-state index in [-0.39, 0.29) is 23.6 Å². The third-order valence-corrected chi connectivity index (χ3v) is 12.4. The van der Waals surface area contributed by atoms with Crippen molar-refractivity contribution in [1.82, 2.24) is 36.1 Å². The molecule has 1 aromatic heterocycles. The summed E-state index contributed by atoms with van der Waals surface area (Å²) in [6, 6.07) is 6.78. The molecule has 1 aliphatic heterocycles. The van der Waals surface area contributed by atoms with Crippen molar-refractivity contribution in [1.29, 1.82) is 0 Å². The molecule has 0 radical (unpaired) electrons. The fourth-order valence-corrected chi connectivity index (χ4v) is 9.12. The SMILES string of the molecule is CCC[C@H](NC(=O)[C@@H]1[C@H]2CCC[C@H]2CN1C(=O)[C@@H](NC(=O)[C@H](C)NC(=O)c1cnc(CC2CCCC(c3ccccc3)C2)cn1)C(C)(C)C)C(=O)C(=O)NC1CC1. The lowest BCUT2D eigenvalue weighted by Gasteiger charge is -2.37. The Kier molecular flexibility index (Phi) is 13.4. The van der Waals surface area contributed by atoms with Gasteiger partial charge in [-0.15, -0.1) is 0 Å². The van der Waals surface area contributed by atoms with Gasteiger partial charge in [0.1, 0.15) is 23.8 Å². The van der Waals surface area contributed by atoms with E-state index < -0.39 is 64.9 Å². The third kappa shape index (κ3) is 10.4. The molecule has 13 nitrogen and oxygen atoms in total. The van der Waals surface area contributed by atoms with Crippen LogP contribution in [0, 0.1) is 23.2 Å². The molecule has 4 fully saturated rings. The van der Waals surface area contributed by atoms with Crippen molar-refractivity contribution in [2.45, 2.75) is 148 Å². The molecule has 5 amide bonds. The molecular formula is C44H61N7O6. The predicted octanol–water partition coefficient (Wildman–Crippen LogP) is 4.40. The summed E-state index contributed by atoms with van der Waals surface area (Å²) in [5.74, 6) is -2.29. The van der Waals surface area contributed by atoms with Crippen LogP contribution in [0.5, 0.6) is 0 Å². The predicted molar refractivity (Wildman–Crippen MR) is 215 cm³/mol. The Balaban J connectivity index is 1.07. The number of carbonyl (C=O) groups is 6. The van der Waals surface area contributed by atoms with Crippen LogP contribution in [0.3, 0.4) is 0 Å². The summed E-state index contributed by atoms with van der Waals surface area (Å²) in [6.07, 6.45) is 13.6. The normalized spacial score (nSPS) is 24.7. The van der Waals surface area contributed by atoms with E-state index in [1.54, 1.807) is 18.0 Å². The minimum absolute atomic E-state index is 0.00725. The summed E-state index contributed by atoms with van der Waals surface area (Å²) in [4.78, 5) is 91.7. The second-order valence-electron chi connectivity index (χ2n) is 18.0. The van der Waals surface area contributed by atoms with Crippen LogP contribution in [-0.4, -0.2) is 86.9 Å². The molecule has 3 aliphatic carbocycles. The number of aromatic nitrogens is 2. The van der Waals surface area contributed by atoms with Crippen molar-refractivity contribution in [2.24, 2.45) is 23.2 Å². The van der Waals surface area contributed by atoms with Crippen molar-refractivity contribution < 1.29 is 28.8 Å². The first-order valence-electron chi connectivity index (χ1n) is 21.2. The molecule has 13 heteroatoms. The molecule has 4 N–H and O–H groups in total. The average molecular weight is 784 g/mol. The van der Waals surface area contributed by atoms with Crippen LogP contribution in [0.1, 0.15) is 133 Å². The molecule has 57 heavy (non-hydrogen) atoms. The highest BCUT2D eigenvalue weighted by molar-refractivity contribution is 6.38. The van der Waals surface area contributed by atoms with E-state index in [0.717, 1.165) is 63.5 Å². The van der Waals surface area contributed by atoms with Crippen LogP contribution in [0.15, 0.2) is 42.7 Å². The molecule has 4 aliphatic rings. The second kappa shape index (κ2) is 18.3. The van der Waals surface area contributed by atoms with Crippen LogP contribution >= 0.6 is 0 Å². The zero-order chi connectivity index (χ0) is 40.9. The number of nitrogens with one attached hydrogen (secondary N) is 4. The van der Waals surface area contributed by atoms with Gasteiger partial charge in [0, 0.05) is 18.8 Å². The molecule has 0 spiro atoms. The summed E-state index contributed by atoms with van der Waals surface area (Å²) < 4.78 is 0. The zero-order valence-electron chi connectivity index (χ0n) is 34.2. The zero-order valence-corrected chi connectivity index (χ0v) is 34.2. The van der Waals surface area contributed by atoms with E-state index in [1.165, 1.54) is 18.2 Å². The summed E-state index contributed by atoms with van der Waals surface area (Å²) in [6.45, 7) is 9.30. The minimum Gasteiger partial charge on any atom is -0.347 e. The van der Waals surface area contributed by atoms with Crippen molar-refractivity contribution in [3.05, 3.63) is 59.7 Å². The maximum atomic E-state index is 14.5. The van der Waals surface area contributed by atoms with Crippen molar-refractivity contribution in [3.8, 4) is 0 Å². The van der Waals surface area contributed by atoms with E-state index >= 15 is 0 Å². The molecule has 6 rings (SSSR count). The first-order valence-corrected chi connectivity index (χ1v) is 21.2. The Hall–Kier alpha value is -4.68. The molecule has 8 atom stereocenters. The van der Waals surface area contributed by atoms with Gasteiger partial charge in [-0.25, -0.2) is 4.98 Å². The maximum Gasteiger partial charge on any atom is 0.289 e. The van der Waals surface area contributed by atoms with Crippen LogP contribution in [0.25, 0.3) is 0 Å². The van der Waals surface area contributed by atoms with Crippen molar-refractivity contribution in [2.75, 3.05) is 6.54 Å². The van der Waals surface area contributed by atoms with E-state index in [1.807, 2.05) is 33.8 Å². The summed E-state index contributed by atoms with van der Waals surface area (Å²) in [5.41, 5.74) is 1.54. The number of likely N-dealkylation sites (tertiary alicyclic amines) is 1. The van der Waals surface area contributed by atoms with Gasteiger partial charge in [0.2, 0.25) is 23.5 Å².